The van der Waals surface area contributed by atoms with Crippen LogP contribution in [0.5, 0.6) is 5.75 Å². The van der Waals surface area contributed by atoms with Crippen LogP contribution in [0, 0.1) is 12.8 Å². The highest BCUT2D eigenvalue weighted by Crippen LogP contribution is 2.40. The molecule has 3 N–H and O–H groups in total. The van der Waals surface area contributed by atoms with Gasteiger partial charge in [0.1, 0.15) is 17.3 Å². The normalized spacial score (nSPS) is 13.3. The van der Waals surface area contributed by atoms with Crippen LogP contribution in [0.4, 0.5) is 29.5 Å². The summed E-state index contributed by atoms with van der Waals surface area (Å²) in [5, 5.41) is 7.52. The number of hydrogen-bond donors (Lipinski definition) is 2. The Morgan fingerprint density at radius 1 is 1.19 bits per heavy atom. The van der Waals surface area contributed by atoms with Gasteiger partial charge in [0.05, 0.1) is 28.6 Å². The molecule has 3 heterocycles. The standard InChI is InChI=1S/C30H30ClF3N6O2/c1-17(2)16-42-25-6-4-5-18(3)26(25)40-27(19-7-9-21(10-8-19)37-29(35)41)22-15-39(12-11-24(22)38-40)28-23(31)13-20(14-36-28)30(32,33)34/h4-10,13-14,17H,11-12,15-16H2,1-3H3,(H3,35,37,41). The minimum absolute atomic E-state index is 0.0765. The van der Waals surface area contributed by atoms with E-state index >= 15 is 0 Å². The molecule has 0 atom stereocenters. The molecule has 5 rings (SSSR count). The van der Waals surface area contributed by atoms with Crippen molar-refractivity contribution in [1.82, 2.24) is 14.8 Å². The van der Waals surface area contributed by atoms with E-state index in [1.807, 2.05) is 46.8 Å². The number of aromatic nitrogens is 3. The van der Waals surface area contributed by atoms with Crippen LogP contribution >= 0.6 is 11.6 Å². The molecule has 0 unspecified atom stereocenters. The number of nitrogens with one attached hydrogen (secondary N) is 1. The maximum atomic E-state index is 13.2. The van der Waals surface area contributed by atoms with E-state index in [2.05, 4.69) is 24.1 Å². The number of pyridine rings is 1. The molecule has 0 aliphatic carbocycles. The van der Waals surface area contributed by atoms with Gasteiger partial charge in [0.25, 0.3) is 0 Å². The quantitative estimate of drug-likeness (QED) is 0.239. The van der Waals surface area contributed by atoms with Gasteiger partial charge in [-0.15, -0.1) is 0 Å². The Morgan fingerprint density at radius 2 is 1.93 bits per heavy atom. The molecule has 0 spiro atoms. The largest absolute Gasteiger partial charge is 0.491 e. The van der Waals surface area contributed by atoms with Crippen LogP contribution in [0.3, 0.4) is 0 Å². The zero-order valence-electron chi connectivity index (χ0n) is 23.3. The van der Waals surface area contributed by atoms with Crippen LogP contribution in [0.25, 0.3) is 16.9 Å². The van der Waals surface area contributed by atoms with E-state index < -0.39 is 17.8 Å². The number of hydrogen-bond acceptors (Lipinski definition) is 5. The third kappa shape index (κ3) is 6.01. The molecule has 8 nitrogen and oxygen atoms in total. The Balaban J connectivity index is 1.63. The molecule has 0 saturated heterocycles. The number of para-hydroxylation sites is 1. The van der Waals surface area contributed by atoms with Crippen molar-refractivity contribution in [3.63, 3.8) is 0 Å². The zero-order chi connectivity index (χ0) is 30.2. The van der Waals surface area contributed by atoms with Gasteiger partial charge in [-0.3, -0.25) is 0 Å². The number of ether oxygens (including phenoxy) is 1. The topological polar surface area (TPSA) is 98.3 Å². The fourth-order valence-electron chi connectivity index (χ4n) is 4.96. The summed E-state index contributed by atoms with van der Waals surface area (Å²) < 4.78 is 47.8. The molecule has 0 saturated carbocycles. The number of carbonyl (C=O) groups is 1. The number of urea groups is 1. The molecule has 42 heavy (non-hydrogen) atoms. The predicted octanol–water partition coefficient (Wildman–Crippen LogP) is 7.00. The first kappa shape index (κ1) is 29.2. The summed E-state index contributed by atoms with van der Waals surface area (Å²) in [6.07, 6.45) is -3.22. The number of primary amides is 1. The summed E-state index contributed by atoms with van der Waals surface area (Å²) in [4.78, 5) is 17.3. The number of carbonyl (C=O) groups excluding carboxylic acids is 1. The van der Waals surface area contributed by atoms with Crippen molar-refractivity contribution in [2.75, 3.05) is 23.4 Å². The fraction of sp³-hybridized carbons (Fsp3) is 0.300. The van der Waals surface area contributed by atoms with E-state index in [1.54, 1.807) is 12.1 Å². The highest BCUT2D eigenvalue weighted by Gasteiger charge is 2.33. The van der Waals surface area contributed by atoms with Gasteiger partial charge in [-0.05, 0) is 42.7 Å². The first-order chi connectivity index (χ1) is 19.9. The van der Waals surface area contributed by atoms with Crippen LogP contribution in [0.15, 0.2) is 54.7 Å². The summed E-state index contributed by atoms with van der Waals surface area (Å²) in [5.41, 5.74) is 9.98. The van der Waals surface area contributed by atoms with Crippen molar-refractivity contribution in [2.24, 2.45) is 11.7 Å². The smallest absolute Gasteiger partial charge is 0.417 e. The lowest BCUT2D eigenvalue weighted by Gasteiger charge is -2.29. The number of nitrogens with zero attached hydrogens (tertiary/aromatic N) is 4. The summed E-state index contributed by atoms with van der Waals surface area (Å²) in [5.74, 6) is 1.26. The molecule has 2 amide bonds. The Bertz CT molecular complexity index is 1620. The van der Waals surface area contributed by atoms with Gasteiger partial charge in [-0.2, -0.15) is 18.3 Å². The lowest BCUT2D eigenvalue weighted by atomic mass is 10.00. The summed E-state index contributed by atoms with van der Waals surface area (Å²) in [6, 6.07) is 13.3. The van der Waals surface area contributed by atoms with Crippen molar-refractivity contribution in [2.45, 2.75) is 39.9 Å². The minimum atomic E-state index is -4.54. The third-order valence-corrected chi connectivity index (χ3v) is 7.17. The van der Waals surface area contributed by atoms with E-state index in [1.165, 1.54) is 0 Å². The molecule has 4 aromatic rings. The molecule has 12 heteroatoms. The van der Waals surface area contributed by atoms with Crippen molar-refractivity contribution in [3.8, 4) is 22.7 Å². The first-order valence-corrected chi connectivity index (χ1v) is 13.8. The number of halogens is 4. The molecule has 220 valence electrons. The van der Waals surface area contributed by atoms with Crippen LogP contribution in [0.2, 0.25) is 5.02 Å². The molecule has 2 aromatic heterocycles. The second kappa shape index (κ2) is 11.6. The number of aryl methyl sites for hydroxylation is 1. The van der Waals surface area contributed by atoms with E-state index in [9.17, 15) is 18.0 Å². The second-order valence-corrected chi connectivity index (χ2v) is 11.0. The van der Waals surface area contributed by atoms with Gasteiger partial charge in [-0.25, -0.2) is 14.5 Å². The molecule has 0 fully saturated rings. The van der Waals surface area contributed by atoms with Gasteiger partial charge in [0.15, 0.2) is 0 Å². The van der Waals surface area contributed by atoms with Gasteiger partial charge >= 0.3 is 12.2 Å². The monoisotopic (exact) mass is 598 g/mol. The lowest BCUT2D eigenvalue weighted by Crippen LogP contribution is -2.31. The predicted molar refractivity (Wildman–Crippen MR) is 156 cm³/mol. The van der Waals surface area contributed by atoms with Crippen LogP contribution in [-0.2, 0) is 19.1 Å². The maximum absolute atomic E-state index is 13.2. The highest BCUT2D eigenvalue weighted by atomic mass is 35.5. The molecular weight excluding hydrogens is 569 g/mol. The van der Waals surface area contributed by atoms with E-state index in [0.29, 0.717) is 43.5 Å². The average Bonchev–Trinajstić information content (AvgIpc) is 3.29. The SMILES string of the molecule is Cc1cccc(OCC(C)C)c1-n1nc2c(c1-c1ccc(NC(N)=O)cc1)CN(c1ncc(C(F)(F)F)cc1Cl)CC2. The minimum Gasteiger partial charge on any atom is -0.491 e. The van der Waals surface area contributed by atoms with Gasteiger partial charge in [0.2, 0.25) is 0 Å². The number of alkyl halides is 3. The summed E-state index contributed by atoms with van der Waals surface area (Å²) in [6.45, 7) is 7.44. The average molecular weight is 599 g/mol. The third-order valence-electron chi connectivity index (χ3n) is 6.89. The number of amides is 2. The van der Waals surface area contributed by atoms with E-state index in [4.69, 9.17) is 27.2 Å². The Kier molecular flexibility index (Phi) is 8.05. The number of benzene rings is 2. The highest BCUT2D eigenvalue weighted by molar-refractivity contribution is 6.33. The fourth-order valence-corrected chi connectivity index (χ4v) is 5.25. The number of anilines is 2. The van der Waals surface area contributed by atoms with Gasteiger partial charge in [-0.1, -0.05) is 49.7 Å². The number of nitrogens with two attached hydrogens (primary N) is 1. The molecule has 0 bridgehead atoms. The van der Waals surface area contributed by atoms with E-state index in [0.717, 1.165) is 46.0 Å². The molecule has 1 aliphatic heterocycles. The number of rotatable bonds is 7. The number of fused-ring (bicyclic) bond motifs is 1. The van der Waals surface area contributed by atoms with Gasteiger partial charge < -0.3 is 20.7 Å². The van der Waals surface area contributed by atoms with Crippen LogP contribution < -0.4 is 20.7 Å². The van der Waals surface area contributed by atoms with E-state index in [-0.39, 0.29) is 10.8 Å². The molecule has 0 radical (unpaired) electrons. The van der Waals surface area contributed by atoms with Crippen molar-refractivity contribution >= 4 is 29.1 Å². The van der Waals surface area contributed by atoms with Crippen molar-refractivity contribution < 1.29 is 22.7 Å². The maximum Gasteiger partial charge on any atom is 0.417 e. The molecular formula is C30H30ClF3N6O2. The van der Waals surface area contributed by atoms with Gasteiger partial charge in [0, 0.05) is 42.5 Å². The zero-order valence-corrected chi connectivity index (χ0v) is 24.1. The molecule has 2 aromatic carbocycles. The van der Waals surface area contributed by atoms with Crippen molar-refractivity contribution in [1.29, 1.82) is 0 Å². The second-order valence-electron chi connectivity index (χ2n) is 10.6. The Morgan fingerprint density at radius 3 is 2.57 bits per heavy atom. The first-order valence-electron chi connectivity index (χ1n) is 13.4. The Hall–Kier alpha value is -4.25. The van der Waals surface area contributed by atoms with Crippen LogP contribution in [-0.4, -0.2) is 33.9 Å². The summed E-state index contributed by atoms with van der Waals surface area (Å²) >= 11 is 6.33. The van der Waals surface area contributed by atoms with Crippen molar-refractivity contribution in [3.05, 3.63) is 82.1 Å². The van der Waals surface area contributed by atoms with Crippen LogP contribution in [0.1, 0.15) is 36.2 Å². The molecule has 1 aliphatic rings. The lowest BCUT2D eigenvalue weighted by molar-refractivity contribution is -0.137. The summed E-state index contributed by atoms with van der Waals surface area (Å²) in [7, 11) is 0. The Labute approximate surface area is 246 Å².